The zero-order valence-corrected chi connectivity index (χ0v) is 11.2. The zero-order valence-electron chi connectivity index (χ0n) is 11.2. The molecule has 2 atom stereocenters. The number of rotatable bonds is 4. The van der Waals surface area contributed by atoms with Crippen molar-refractivity contribution in [3.8, 4) is 0 Å². The summed E-state index contributed by atoms with van der Waals surface area (Å²) < 4.78 is 5.46. The minimum absolute atomic E-state index is 0.0986. The van der Waals surface area contributed by atoms with Gasteiger partial charge in [0.15, 0.2) is 0 Å². The largest absolute Gasteiger partial charge is 0.376 e. The number of benzene rings is 1. The van der Waals surface area contributed by atoms with Crippen LogP contribution in [0.1, 0.15) is 30.7 Å². The molecule has 2 N–H and O–H groups in total. The number of amides is 2. The molecule has 2 amide bonds. The van der Waals surface area contributed by atoms with Gasteiger partial charge in [-0.25, -0.2) is 0 Å². The zero-order chi connectivity index (χ0) is 13.9. The predicted octanol–water partition coefficient (Wildman–Crippen LogP) is 1.41. The maximum Gasteiger partial charge on any atom is 0.232 e. The molecule has 1 aromatic carbocycles. The summed E-state index contributed by atoms with van der Waals surface area (Å²) in [6, 6.07) is 7.51. The van der Waals surface area contributed by atoms with Crippen LogP contribution in [0.4, 0.5) is 5.69 Å². The third-order valence-corrected chi connectivity index (χ3v) is 3.85. The molecule has 1 fully saturated rings. The Kier molecular flexibility index (Phi) is 3.69. The SMILES string of the molecule is O=C(CC1C(=O)Nc2ccccc21)NCC1CCCO1. The lowest BCUT2D eigenvalue weighted by molar-refractivity contribution is -0.125. The Morgan fingerprint density at radius 1 is 1.40 bits per heavy atom. The summed E-state index contributed by atoms with van der Waals surface area (Å²) in [7, 11) is 0. The maximum atomic E-state index is 12.0. The van der Waals surface area contributed by atoms with Crippen molar-refractivity contribution in [2.45, 2.75) is 31.3 Å². The highest BCUT2D eigenvalue weighted by molar-refractivity contribution is 6.04. The van der Waals surface area contributed by atoms with Gasteiger partial charge < -0.3 is 15.4 Å². The Bertz CT molecular complexity index is 524. The van der Waals surface area contributed by atoms with Gasteiger partial charge in [0, 0.05) is 25.3 Å². The molecule has 0 aromatic heterocycles. The Morgan fingerprint density at radius 3 is 3.05 bits per heavy atom. The molecule has 0 spiro atoms. The van der Waals surface area contributed by atoms with Crippen LogP contribution in [0.3, 0.4) is 0 Å². The van der Waals surface area contributed by atoms with E-state index in [-0.39, 0.29) is 30.3 Å². The number of anilines is 1. The van der Waals surface area contributed by atoms with Gasteiger partial charge in [-0.05, 0) is 24.5 Å². The van der Waals surface area contributed by atoms with Crippen LogP contribution in [0.5, 0.6) is 0 Å². The Morgan fingerprint density at radius 2 is 2.25 bits per heavy atom. The molecule has 2 aliphatic rings. The van der Waals surface area contributed by atoms with Gasteiger partial charge in [-0.1, -0.05) is 18.2 Å². The second kappa shape index (κ2) is 5.63. The smallest absolute Gasteiger partial charge is 0.232 e. The van der Waals surface area contributed by atoms with Crippen LogP contribution in [0.15, 0.2) is 24.3 Å². The fraction of sp³-hybridized carbons (Fsp3) is 0.467. The van der Waals surface area contributed by atoms with E-state index in [1.807, 2.05) is 24.3 Å². The lowest BCUT2D eigenvalue weighted by Gasteiger charge is -2.12. The summed E-state index contributed by atoms with van der Waals surface area (Å²) >= 11 is 0. The molecule has 2 unspecified atom stereocenters. The molecule has 5 heteroatoms. The molecule has 3 rings (SSSR count). The highest BCUT2D eigenvalue weighted by atomic mass is 16.5. The third kappa shape index (κ3) is 2.67. The van der Waals surface area contributed by atoms with Crippen LogP contribution in [0.2, 0.25) is 0 Å². The second-order valence-electron chi connectivity index (χ2n) is 5.27. The number of hydrogen-bond donors (Lipinski definition) is 2. The van der Waals surface area contributed by atoms with Gasteiger partial charge in [-0.3, -0.25) is 9.59 Å². The lowest BCUT2D eigenvalue weighted by atomic mass is 9.97. The summed E-state index contributed by atoms with van der Waals surface area (Å²) in [5.74, 6) is -0.577. The first-order valence-corrected chi connectivity index (χ1v) is 7.02. The van der Waals surface area contributed by atoms with E-state index in [1.54, 1.807) is 0 Å². The summed E-state index contributed by atoms with van der Waals surface area (Å²) in [4.78, 5) is 23.9. The molecule has 20 heavy (non-hydrogen) atoms. The predicted molar refractivity (Wildman–Crippen MR) is 74.4 cm³/mol. The van der Waals surface area contributed by atoms with E-state index in [4.69, 9.17) is 4.74 Å². The number of nitrogens with one attached hydrogen (secondary N) is 2. The Hall–Kier alpha value is -1.88. The van der Waals surface area contributed by atoms with Crippen molar-refractivity contribution in [1.29, 1.82) is 0 Å². The monoisotopic (exact) mass is 274 g/mol. The van der Waals surface area contributed by atoms with Crippen molar-refractivity contribution in [1.82, 2.24) is 5.32 Å². The van der Waals surface area contributed by atoms with Gasteiger partial charge in [0.2, 0.25) is 11.8 Å². The topological polar surface area (TPSA) is 67.4 Å². The van der Waals surface area contributed by atoms with Gasteiger partial charge in [0.1, 0.15) is 0 Å². The van der Waals surface area contributed by atoms with Crippen LogP contribution < -0.4 is 10.6 Å². The van der Waals surface area contributed by atoms with E-state index in [0.29, 0.717) is 6.54 Å². The summed E-state index contributed by atoms with van der Waals surface area (Å²) in [5, 5.41) is 5.67. The van der Waals surface area contributed by atoms with Gasteiger partial charge in [0.05, 0.1) is 12.0 Å². The van der Waals surface area contributed by atoms with Gasteiger partial charge >= 0.3 is 0 Å². The molecule has 106 valence electrons. The summed E-state index contributed by atoms with van der Waals surface area (Å²) in [5.41, 5.74) is 1.72. The normalized spacial score (nSPS) is 24.3. The third-order valence-electron chi connectivity index (χ3n) is 3.85. The number of para-hydroxylation sites is 1. The van der Waals surface area contributed by atoms with E-state index in [1.165, 1.54) is 0 Å². The number of fused-ring (bicyclic) bond motifs is 1. The first-order chi connectivity index (χ1) is 9.74. The molecule has 0 saturated carbocycles. The van der Waals surface area contributed by atoms with E-state index in [2.05, 4.69) is 10.6 Å². The number of carbonyl (C=O) groups is 2. The van der Waals surface area contributed by atoms with E-state index in [0.717, 1.165) is 30.7 Å². The Labute approximate surface area is 117 Å². The fourth-order valence-electron chi connectivity index (χ4n) is 2.77. The first kappa shape index (κ1) is 13.1. The summed E-state index contributed by atoms with van der Waals surface area (Å²) in [6.45, 7) is 1.31. The van der Waals surface area contributed by atoms with E-state index >= 15 is 0 Å². The number of ether oxygens (including phenoxy) is 1. The van der Waals surface area contributed by atoms with E-state index in [9.17, 15) is 9.59 Å². The molecule has 2 aliphatic heterocycles. The molecule has 0 aliphatic carbocycles. The van der Waals surface area contributed by atoms with Crippen LogP contribution in [-0.4, -0.2) is 31.1 Å². The fourth-order valence-corrected chi connectivity index (χ4v) is 2.77. The average Bonchev–Trinajstić information content (AvgIpc) is 3.06. The van der Waals surface area contributed by atoms with Crippen LogP contribution in [0.25, 0.3) is 0 Å². The number of carbonyl (C=O) groups excluding carboxylic acids is 2. The Balaban J connectivity index is 1.57. The molecule has 1 saturated heterocycles. The first-order valence-electron chi connectivity index (χ1n) is 7.02. The van der Waals surface area contributed by atoms with Gasteiger partial charge in [-0.15, -0.1) is 0 Å². The molecule has 5 nitrogen and oxygen atoms in total. The van der Waals surface area contributed by atoms with Crippen molar-refractivity contribution < 1.29 is 14.3 Å². The quantitative estimate of drug-likeness (QED) is 0.872. The molecular weight excluding hydrogens is 256 g/mol. The molecule has 1 aromatic rings. The van der Waals surface area contributed by atoms with Crippen molar-refractivity contribution in [3.05, 3.63) is 29.8 Å². The molecule has 2 heterocycles. The molecular formula is C15H18N2O3. The second-order valence-corrected chi connectivity index (χ2v) is 5.27. The van der Waals surface area contributed by atoms with Crippen LogP contribution in [-0.2, 0) is 14.3 Å². The lowest BCUT2D eigenvalue weighted by Crippen LogP contribution is -2.33. The maximum absolute atomic E-state index is 12.0. The minimum atomic E-state index is -0.379. The standard InChI is InChI=1S/C15H18N2O3/c18-14(16-9-10-4-3-7-20-10)8-12-11-5-1-2-6-13(11)17-15(12)19/h1-2,5-6,10,12H,3-4,7-9H2,(H,16,18)(H,17,19). The van der Waals surface area contributed by atoms with Crippen molar-refractivity contribution in [2.24, 2.45) is 0 Å². The summed E-state index contributed by atoms with van der Waals surface area (Å²) in [6.07, 6.45) is 2.37. The highest BCUT2D eigenvalue weighted by Gasteiger charge is 2.32. The molecule has 0 radical (unpaired) electrons. The van der Waals surface area contributed by atoms with Gasteiger partial charge in [-0.2, -0.15) is 0 Å². The number of hydrogen-bond acceptors (Lipinski definition) is 3. The minimum Gasteiger partial charge on any atom is -0.376 e. The highest BCUT2D eigenvalue weighted by Crippen LogP contribution is 2.34. The van der Waals surface area contributed by atoms with E-state index < -0.39 is 0 Å². The van der Waals surface area contributed by atoms with Gasteiger partial charge in [0.25, 0.3) is 0 Å². The van der Waals surface area contributed by atoms with Crippen molar-refractivity contribution >= 4 is 17.5 Å². The van der Waals surface area contributed by atoms with Crippen LogP contribution >= 0.6 is 0 Å². The van der Waals surface area contributed by atoms with Crippen molar-refractivity contribution in [2.75, 3.05) is 18.5 Å². The van der Waals surface area contributed by atoms with Crippen LogP contribution in [0, 0.1) is 0 Å². The average molecular weight is 274 g/mol. The van der Waals surface area contributed by atoms with Crippen molar-refractivity contribution in [3.63, 3.8) is 0 Å². The molecule has 0 bridgehead atoms.